The lowest BCUT2D eigenvalue weighted by Gasteiger charge is -1.99. The third-order valence-corrected chi connectivity index (χ3v) is 4.36. The normalized spacial score (nSPS) is 11.6. The van der Waals surface area contributed by atoms with Crippen molar-refractivity contribution < 1.29 is 8.42 Å². The number of aromatic nitrogens is 1. The Morgan fingerprint density at radius 3 is 2.41 bits per heavy atom. The van der Waals surface area contributed by atoms with E-state index in [0.29, 0.717) is 11.4 Å². The highest BCUT2D eigenvalue weighted by Crippen LogP contribution is 2.24. The summed E-state index contributed by atoms with van der Waals surface area (Å²) < 4.78 is 22.6. The van der Waals surface area contributed by atoms with E-state index in [2.05, 4.69) is 4.98 Å². The minimum atomic E-state index is -3.14. The summed E-state index contributed by atoms with van der Waals surface area (Å²) in [5, 5.41) is 2.75. The first kappa shape index (κ1) is 12.2. The van der Waals surface area contributed by atoms with E-state index in [0.717, 1.165) is 16.3 Å². The van der Waals surface area contributed by atoms with Crippen LogP contribution in [0.3, 0.4) is 0 Å². The van der Waals surface area contributed by atoms with Gasteiger partial charge in [-0.1, -0.05) is 12.1 Å². The molecule has 0 amide bonds. The van der Waals surface area contributed by atoms with Gasteiger partial charge in [0.15, 0.2) is 9.84 Å². The summed E-state index contributed by atoms with van der Waals surface area (Å²) in [4.78, 5) is 4.65. The van der Waals surface area contributed by atoms with Crippen molar-refractivity contribution in [3.63, 3.8) is 0 Å². The molecule has 0 saturated heterocycles. The Morgan fingerprint density at radius 1 is 1.29 bits per heavy atom. The van der Waals surface area contributed by atoms with Gasteiger partial charge in [-0.05, 0) is 12.1 Å². The number of thiazole rings is 1. The second-order valence-corrected chi connectivity index (χ2v) is 6.52. The minimum absolute atomic E-state index is 0.317. The zero-order valence-corrected chi connectivity index (χ0v) is 10.9. The Morgan fingerprint density at radius 2 is 1.94 bits per heavy atom. The molecule has 2 N–H and O–H groups in total. The van der Waals surface area contributed by atoms with Crippen molar-refractivity contribution in [3.8, 4) is 10.6 Å². The standard InChI is InChI=1S/C11H12N2O2S2/c1-17(14,15)10-4-2-8(3-5-10)11-13-9(6-12)7-16-11/h2-5,7H,6,12H2,1H3. The number of nitrogens with zero attached hydrogens (tertiary/aromatic N) is 1. The Kier molecular flexibility index (Phi) is 3.28. The van der Waals surface area contributed by atoms with E-state index >= 15 is 0 Å². The SMILES string of the molecule is CS(=O)(=O)c1ccc(-c2nc(CN)cs2)cc1. The molecular formula is C11H12N2O2S2. The molecule has 0 aliphatic heterocycles. The number of benzene rings is 1. The molecule has 1 heterocycles. The molecule has 1 aromatic carbocycles. The van der Waals surface area contributed by atoms with Crippen LogP contribution in [0.25, 0.3) is 10.6 Å². The van der Waals surface area contributed by atoms with Crippen LogP contribution in [0.2, 0.25) is 0 Å². The van der Waals surface area contributed by atoms with Gasteiger partial charge in [-0.25, -0.2) is 13.4 Å². The molecular weight excluding hydrogens is 256 g/mol. The van der Waals surface area contributed by atoms with Crippen LogP contribution >= 0.6 is 11.3 Å². The largest absolute Gasteiger partial charge is 0.325 e. The van der Waals surface area contributed by atoms with Gasteiger partial charge in [-0.15, -0.1) is 11.3 Å². The molecule has 0 fully saturated rings. The molecule has 0 aliphatic carbocycles. The molecule has 1 aromatic heterocycles. The fourth-order valence-electron chi connectivity index (χ4n) is 1.38. The lowest BCUT2D eigenvalue weighted by molar-refractivity contribution is 0.602. The van der Waals surface area contributed by atoms with Crippen molar-refractivity contribution in [2.24, 2.45) is 5.73 Å². The molecule has 2 aromatic rings. The lowest BCUT2D eigenvalue weighted by Crippen LogP contribution is -1.97. The monoisotopic (exact) mass is 268 g/mol. The third-order valence-electron chi connectivity index (χ3n) is 2.29. The number of rotatable bonds is 3. The van der Waals surface area contributed by atoms with Crippen LogP contribution in [-0.4, -0.2) is 19.7 Å². The maximum absolute atomic E-state index is 11.3. The first-order valence-corrected chi connectivity index (χ1v) is 7.73. The van der Waals surface area contributed by atoms with Crippen LogP contribution in [0.1, 0.15) is 5.69 Å². The predicted molar refractivity (Wildman–Crippen MR) is 68.6 cm³/mol. The van der Waals surface area contributed by atoms with Crippen molar-refractivity contribution in [1.82, 2.24) is 4.98 Å². The topological polar surface area (TPSA) is 73.0 Å². The molecule has 90 valence electrons. The smallest absolute Gasteiger partial charge is 0.175 e. The summed E-state index contributed by atoms with van der Waals surface area (Å²) in [6, 6.07) is 6.70. The zero-order chi connectivity index (χ0) is 12.5. The highest BCUT2D eigenvalue weighted by molar-refractivity contribution is 7.90. The lowest BCUT2D eigenvalue weighted by atomic mass is 10.2. The summed E-state index contributed by atoms with van der Waals surface area (Å²) >= 11 is 1.50. The molecule has 0 saturated carbocycles. The average Bonchev–Trinajstić information content (AvgIpc) is 2.76. The summed E-state index contributed by atoms with van der Waals surface area (Å²) in [5.74, 6) is 0. The molecule has 17 heavy (non-hydrogen) atoms. The number of hydrogen-bond acceptors (Lipinski definition) is 5. The van der Waals surface area contributed by atoms with E-state index < -0.39 is 9.84 Å². The second-order valence-electron chi connectivity index (χ2n) is 3.64. The average molecular weight is 268 g/mol. The van der Waals surface area contributed by atoms with Crippen molar-refractivity contribution >= 4 is 21.2 Å². The molecule has 0 radical (unpaired) electrons. The van der Waals surface area contributed by atoms with Gasteiger partial charge in [0.05, 0.1) is 10.6 Å². The van der Waals surface area contributed by atoms with Crippen LogP contribution < -0.4 is 5.73 Å². The Bertz CT molecular complexity index is 615. The van der Waals surface area contributed by atoms with Crippen LogP contribution in [0.15, 0.2) is 34.5 Å². The van der Waals surface area contributed by atoms with Gasteiger partial charge in [0.2, 0.25) is 0 Å². The minimum Gasteiger partial charge on any atom is -0.325 e. The maximum atomic E-state index is 11.3. The van der Waals surface area contributed by atoms with Crippen LogP contribution in [0.5, 0.6) is 0 Å². The van der Waals surface area contributed by atoms with Crippen LogP contribution in [0, 0.1) is 0 Å². The number of hydrogen-bond donors (Lipinski definition) is 1. The van der Waals surface area contributed by atoms with E-state index in [9.17, 15) is 8.42 Å². The van der Waals surface area contributed by atoms with Gasteiger partial charge in [0.25, 0.3) is 0 Å². The zero-order valence-electron chi connectivity index (χ0n) is 9.25. The van der Waals surface area contributed by atoms with Crippen molar-refractivity contribution in [3.05, 3.63) is 35.3 Å². The predicted octanol–water partition coefficient (Wildman–Crippen LogP) is 1.67. The van der Waals surface area contributed by atoms with Crippen molar-refractivity contribution in [1.29, 1.82) is 0 Å². The van der Waals surface area contributed by atoms with E-state index in [-0.39, 0.29) is 0 Å². The molecule has 0 aliphatic rings. The maximum Gasteiger partial charge on any atom is 0.175 e. The Balaban J connectivity index is 2.35. The van der Waals surface area contributed by atoms with Crippen LogP contribution in [0.4, 0.5) is 0 Å². The molecule has 4 nitrogen and oxygen atoms in total. The van der Waals surface area contributed by atoms with Gasteiger partial charge in [-0.3, -0.25) is 0 Å². The van der Waals surface area contributed by atoms with E-state index in [1.807, 2.05) is 5.38 Å². The van der Waals surface area contributed by atoms with Gasteiger partial charge in [-0.2, -0.15) is 0 Å². The summed E-state index contributed by atoms with van der Waals surface area (Å²) in [6.45, 7) is 0.415. The molecule has 2 rings (SSSR count). The fourth-order valence-corrected chi connectivity index (χ4v) is 2.85. The van der Waals surface area contributed by atoms with Crippen molar-refractivity contribution in [2.45, 2.75) is 11.4 Å². The second kappa shape index (κ2) is 4.56. The van der Waals surface area contributed by atoms with Gasteiger partial charge in [0, 0.05) is 23.7 Å². The van der Waals surface area contributed by atoms with E-state index in [1.54, 1.807) is 24.3 Å². The van der Waals surface area contributed by atoms with Gasteiger partial charge in [0.1, 0.15) is 5.01 Å². The summed E-state index contributed by atoms with van der Waals surface area (Å²) in [6.07, 6.45) is 1.19. The summed E-state index contributed by atoms with van der Waals surface area (Å²) in [5.41, 5.74) is 7.24. The highest BCUT2D eigenvalue weighted by Gasteiger charge is 2.08. The Labute approximate surface area is 104 Å². The van der Waals surface area contributed by atoms with Crippen LogP contribution in [-0.2, 0) is 16.4 Å². The van der Waals surface area contributed by atoms with Gasteiger partial charge < -0.3 is 5.73 Å². The quantitative estimate of drug-likeness (QED) is 0.919. The summed E-state index contributed by atoms with van der Waals surface area (Å²) in [7, 11) is -3.14. The molecule has 0 atom stereocenters. The molecule has 6 heteroatoms. The van der Waals surface area contributed by atoms with Crippen molar-refractivity contribution in [2.75, 3.05) is 6.26 Å². The number of sulfone groups is 1. The molecule has 0 spiro atoms. The van der Waals surface area contributed by atoms with E-state index in [4.69, 9.17) is 5.73 Å². The first-order chi connectivity index (χ1) is 8.00. The first-order valence-electron chi connectivity index (χ1n) is 4.95. The third kappa shape index (κ3) is 2.71. The Hall–Kier alpha value is -1.24. The van der Waals surface area contributed by atoms with E-state index in [1.165, 1.54) is 17.6 Å². The van der Waals surface area contributed by atoms with Gasteiger partial charge >= 0.3 is 0 Å². The fraction of sp³-hybridized carbons (Fsp3) is 0.182. The number of nitrogens with two attached hydrogens (primary N) is 1. The molecule has 0 bridgehead atoms. The molecule has 0 unspecified atom stereocenters. The highest BCUT2D eigenvalue weighted by atomic mass is 32.2.